The van der Waals surface area contributed by atoms with Gasteiger partial charge in [-0.1, -0.05) is 23.7 Å². The van der Waals surface area contributed by atoms with E-state index in [4.69, 9.17) is 11.6 Å². The van der Waals surface area contributed by atoms with Crippen molar-refractivity contribution < 1.29 is 13.9 Å². The lowest BCUT2D eigenvalue weighted by Crippen LogP contribution is -2.60. The Morgan fingerprint density at radius 1 is 1.05 bits per heavy atom. The summed E-state index contributed by atoms with van der Waals surface area (Å²) in [7, 11) is 0. The molecule has 1 saturated carbocycles. The molecule has 4 heterocycles. The van der Waals surface area contributed by atoms with E-state index in [2.05, 4.69) is 9.97 Å². The summed E-state index contributed by atoms with van der Waals surface area (Å²) in [5.41, 5.74) is 3.18. The zero-order valence-corrected chi connectivity index (χ0v) is 22.5. The van der Waals surface area contributed by atoms with Crippen molar-refractivity contribution in [2.45, 2.75) is 44.6 Å². The van der Waals surface area contributed by atoms with E-state index in [1.54, 1.807) is 42.3 Å². The normalized spacial score (nSPS) is 19.6. The maximum absolute atomic E-state index is 15.6. The molecular weight excluding hydrogens is 522 g/mol. The van der Waals surface area contributed by atoms with Gasteiger partial charge in [-0.3, -0.25) is 14.3 Å². The number of benzene rings is 1. The number of aliphatic hydroxyl groups is 1. The number of β-amino-alcohol motifs (C(OH)–C–C–N with tert-alkyl or cyclic N) is 1. The molecule has 0 spiro atoms. The smallest absolute Gasteiger partial charge is 0.274 e. The molecule has 3 aromatic heterocycles. The van der Waals surface area contributed by atoms with Gasteiger partial charge in [-0.05, 0) is 86.1 Å². The second-order valence-corrected chi connectivity index (χ2v) is 11.3. The van der Waals surface area contributed by atoms with E-state index in [-0.39, 0.29) is 52.7 Å². The number of hydrogen-bond acceptors (Lipinski definition) is 5. The second kappa shape index (κ2) is 9.24. The van der Waals surface area contributed by atoms with Crippen LogP contribution < -0.4 is 10.5 Å². The van der Waals surface area contributed by atoms with Crippen molar-refractivity contribution in [3.63, 3.8) is 0 Å². The summed E-state index contributed by atoms with van der Waals surface area (Å²) in [6.45, 7) is 5.95. The van der Waals surface area contributed by atoms with Gasteiger partial charge in [-0.25, -0.2) is 13.8 Å². The first-order chi connectivity index (χ1) is 18.5. The van der Waals surface area contributed by atoms with Crippen LogP contribution >= 0.6 is 11.6 Å². The minimum absolute atomic E-state index is 0.0877. The summed E-state index contributed by atoms with van der Waals surface area (Å²) in [6, 6.07) is 11.6. The van der Waals surface area contributed by atoms with Crippen LogP contribution in [0.4, 0.5) is 14.6 Å². The molecule has 0 unspecified atom stereocenters. The van der Waals surface area contributed by atoms with Crippen molar-refractivity contribution in [1.82, 2.24) is 14.5 Å². The van der Waals surface area contributed by atoms with Gasteiger partial charge in [0, 0.05) is 36.7 Å². The standard InChI is InChI=1S/C30H27ClF2N4O2/c1-16-13-35-24(20-8-9-34-28(27(20)33)36-14-30(3,39)15-36)12-25(16)37-17(2)10-23(26(31)29(37)38)22-11-21(22)18-4-6-19(32)7-5-18/h4-10,12-13,21-22,39H,11,14-15H2,1-3H3/t21-,22+/m1/s1. The molecule has 39 heavy (non-hydrogen) atoms. The Balaban J connectivity index is 1.36. The Morgan fingerprint density at radius 2 is 1.77 bits per heavy atom. The monoisotopic (exact) mass is 548 g/mol. The number of rotatable bonds is 5. The van der Waals surface area contributed by atoms with Crippen LogP contribution in [0.15, 0.2) is 59.7 Å². The van der Waals surface area contributed by atoms with Crippen LogP contribution in [0.3, 0.4) is 0 Å². The fourth-order valence-corrected chi connectivity index (χ4v) is 5.88. The third-order valence-corrected chi connectivity index (χ3v) is 8.05. The Labute approximate surface area is 229 Å². The summed E-state index contributed by atoms with van der Waals surface area (Å²) in [5.74, 6) is -0.385. The van der Waals surface area contributed by atoms with Crippen LogP contribution in [-0.4, -0.2) is 38.3 Å². The molecule has 1 saturated heterocycles. The molecular formula is C30H27ClF2N4O2. The largest absolute Gasteiger partial charge is 0.386 e. The van der Waals surface area contributed by atoms with E-state index < -0.39 is 11.4 Å². The number of anilines is 1. The molecule has 1 aliphatic heterocycles. The van der Waals surface area contributed by atoms with Crippen molar-refractivity contribution in [3.8, 4) is 16.9 Å². The quantitative estimate of drug-likeness (QED) is 0.347. The Kier molecular flexibility index (Phi) is 6.08. The average molecular weight is 549 g/mol. The van der Waals surface area contributed by atoms with Gasteiger partial charge in [0.1, 0.15) is 10.8 Å². The molecule has 2 fully saturated rings. The Morgan fingerprint density at radius 3 is 2.46 bits per heavy atom. The Bertz CT molecular complexity index is 1660. The van der Waals surface area contributed by atoms with Gasteiger partial charge in [0.15, 0.2) is 11.6 Å². The van der Waals surface area contributed by atoms with Gasteiger partial charge in [0.05, 0.1) is 17.0 Å². The highest BCUT2D eigenvalue weighted by Crippen LogP contribution is 2.55. The lowest BCUT2D eigenvalue weighted by atomic mass is 9.96. The molecule has 9 heteroatoms. The predicted octanol–water partition coefficient (Wildman–Crippen LogP) is 5.69. The van der Waals surface area contributed by atoms with Gasteiger partial charge >= 0.3 is 0 Å². The van der Waals surface area contributed by atoms with Crippen LogP contribution in [0.25, 0.3) is 16.9 Å². The maximum atomic E-state index is 15.6. The molecule has 6 nitrogen and oxygen atoms in total. The number of hydrogen-bond donors (Lipinski definition) is 1. The molecule has 0 amide bonds. The molecule has 1 aromatic carbocycles. The molecule has 200 valence electrons. The van der Waals surface area contributed by atoms with Crippen molar-refractivity contribution in [1.29, 1.82) is 0 Å². The number of nitrogens with zero attached hydrogens (tertiary/aromatic N) is 4. The van der Waals surface area contributed by atoms with Crippen LogP contribution in [0.1, 0.15) is 47.6 Å². The highest BCUT2D eigenvalue weighted by molar-refractivity contribution is 6.31. The highest BCUT2D eigenvalue weighted by Gasteiger charge is 2.42. The topological polar surface area (TPSA) is 71.2 Å². The van der Waals surface area contributed by atoms with Crippen molar-refractivity contribution in [2.24, 2.45) is 0 Å². The number of aryl methyl sites for hydroxylation is 2. The summed E-state index contributed by atoms with van der Waals surface area (Å²) in [5, 5.41) is 10.2. The highest BCUT2D eigenvalue weighted by atomic mass is 35.5. The summed E-state index contributed by atoms with van der Waals surface area (Å²) >= 11 is 6.67. The molecule has 1 aliphatic carbocycles. The SMILES string of the molecule is Cc1cnc(-c2ccnc(N3CC(C)(O)C3)c2F)cc1-n1c(C)cc([C@H]2C[C@@H]2c2ccc(F)cc2)c(Cl)c1=O. The zero-order chi connectivity index (χ0) is 27.6. The van der Waals surface area contributed by atoms with Crippen LogP contribution in [0, 0.1) is 25.5 Å². The van der Waals surface area contributed by atoms with E-state index >= 15 is 4.39 Å². The third-order valence-electron chi connectivity index (χ3n) is 7.67. The van der Waals surface area contributed by atoms with Crippen molar-refractivity contribution in [3.05, 3.63) is 104 Å². The summed E-state index contributed by atoms with van der Waals surface area (Å²) in [4.78, 5) is 23.9. The number of aromatic nitrogens is 3. The van der Waals surface area contributed by atoms with Gasteiger partial charge in [0.25, 0.3) is 5.56 Å². The van der Waals surface area contributed by atoms with Gasteiger partial charge in [0.2, 0.25) is 0 Å². The first-order valence-corrected chi connectivity index (χ1v) is 13.2. The maximum Gasteiger partial charge on any atom is 0.274 e. The van der Waals surface area contributed by atoms with Crippen LogP contribution in [-0.2, 0) is 0 Å². The average Bonchev–Trinajstić information content (AvgIpc) is 3.67. The molecule has 1 N–H and O–H groups in total. The van der Waals surface area contributed by atoms with E-state index in [0.717, 1.165) is 23.1 Å². The summed E-state index contributed by atoms with van der Waals surface area (Å²) in [6.07, 6.45) is 3.96. The van der Waals surface area contributed by atoms with Crippen molar-refractivity contribution in [2.75, 3.05) is 18.0 Å². The molecule has 0 radical (unpaired) electrons. The minimum atomic E-state index is -0.872. The van der Waals surface area contributed by atoms with Gasteiger partial charge < -0.3 is 10.0 Å². The molecule has 6 rings (SSSR count). The fraction of sp³-hybridized carbons (Fsp3) is 0.300. The van der Waals surface area contributed by atoms with Gasteiger partial charge in [-0.2, -0.15) is 0 Å². The van der Waals surface area contributed by atoms with Gasteiger partial charge in [-0.15, -0.1) is 0 Å². The third kappa shape index (κ3) is 4.51. The lowest BCUT2D eigenvalue weighted by molar-refractivity contribution is 0.0301. The first-order valence-electron chi connectivity index (χ1n) is 12.8. The van der Waals surface area contributed by atoms with Crippen LogP contribution in [0.2, 0.25) is 5.02 Å². The van der Waals surface area contributed by atoms with Crippen molar-refractivity contribution >= 4 is 17.4 Å². The molecule has 2 atom stereocenters. The molecule has 0 bridgehead atoms. The zero-order valence-electron chi connectivity index (χ0n) is 21.8. The number of pyridine rings is 3. The van der Waals surface area contributed by atoms with E-state index in [1.807, 2.05) is 19.9 Å². The summed E-state index contributed by atoms with van der Waals surface area (Å²) < 4.78 is 30.4. The van der Waals surface area contributed by atoms with Crippen LogP contribution in [0.5, 0.6) is 0 Å². The Hall–Kier alpha value is -3.62. The minimum Gasteiger partial charge on any atom is -0.386 e. The van der Waals surface area contributed by atoms with E-state index in [1.165, 1.54) is 22.9 Å². The molecule has 4 aromatic rings. The lowest BCUT2D eigenvalue weighted by Gasteiger charge is -2.45. The van der Waals surface area contributed by atoms with E-state index in [0.29, 0.717) is 17.1 Å². The number of halogens is 3. The predicted molar refractivity (Wildman–Crippen MR) is 147 cm³/mol. The van der Waals surface area contributed by atoms with E-state index in [9.17, 15) is 14.3 Å². The fourth-order valence-electron chi connectivity index (χ4n) is 5.60. The molecule has 2 aliphatic rings. The second-order valence-electron chi connectivity index (χ2n) is 10.9. The first kappa shape index (κ1) is 25.6.